The molecular weight excluding hydrogens is 323 g/mol. The van der Waals surface area contributed by atoms with Crippen molar-refractivity contribution in [1.29, 1.82) is 0 Å². The topological polar surface area (TPSA) is 77.2 Å². The number of benzene rings is 1. The molecule has 5 nitrogen and oxygen atoms in total. The molecule has 2 rings (SSSR count). The number of aromatic nitrogens is 1. The first-order valence-corrected chi connectivity index (χ1v) is 7.19. The van der Waals surface area contributed by atoms with Crippen molar-refractivity contribution in [3.8, 4) is 11.6 Å². The largest absolute Gasteiger partial charge is 0.439 e. The lowest BCUT2D eigenvalue weighted by Gasteiger charge is -2.08. The number of nitrogens with two attached hydrogens (primary N) is 1. The van der Waals surface area contributed by atoms with Crippen LogP contribution in [0.5, 0.6) is 11.6 Å². The van der Waals surface area contributed by atoms with Crippen LogP contribution in [-0.2, 0) is 6.18 Å². The van der Waals surface area contributed by atoms with E-state index >= 15 is 0 Å². The second kappa shape index (κ2) is 7.78. The van der Waals surface area contributed by atoms with Crippen LogP contribution in [0.3, 0.4) is 0 Å². The zero-order valence-corrected chi connectivity index (χ0v) is 12.6. The first kappa shape index (κ1) is 17.7. The molecule has 1 heterocycles. The van der Waals surface area contributed by atoms with Crippen molar-refractivity contribution < 1.29 is 22.7 Å². The number of pyridine rings is 1. The number of amides is 1. The summed E-state index contributed by atoms with van der Waals surface area (Å²) in [4.78, 5) is 15.4. The Morgan fingerprint density at radius 2 is 1.88 bits per heavy atom. The number of rotatable bonds is 6. The van der Waals surface area contributed by atoms with Gasteiger partial charge in [-0.2, -0.15) is 13.2 Å². The van der Waals surface area contributed by atoms with E-state index in [2.05, 4.69) is 10.3 Å². The third-order valence-electron chi connectivity index (χ3n) is 3.07. The number of alkyl halides is 3. The number of halogens is 3. The predicted octanol–water partition coefficient (Wildman–Crippen LogP) is 2.97. The number of nitrogens with one attached hydrogen (secondary N) is 1. The summed E-state index contributed by atoms with van der Waals surface area (Å²) in [5, 5.41) is 2.71. The molecule has 3 N–H and O–H groups in total. The van der Waals surface area contributed by atoms with Crippen LogP contribution < -0.4 is 15.8 Å². The molecule has 0 aliphatic heterocycles. The van der Waals surface area contributed by atoms with Crippen LogP contribution in [0.25, 0.3) is 0 Å². The van der Waals surface area contributed by atoms with Gasteiger partial charge < -0.3 is 15.8 Å². The van der Waals surface area contributed by atoms with Crippen LogP contribution in [0.4, 0.5) is 13.2 Å². The maximum atomic E-state index is 12.5. The highest BCUT2D eigenvalue weighted by molar-refractivity contribution is 5.94. The number of hydrogen-bond donors (Lipinski definition) is 2. The van der Waals surface area contributed by atoms with Crippen molar-refractivity contribution in [3.05, 3.63) is 53.7 Å². The van der Waals surface area contributed by atoms with E-state index in [-0.39, 0.29) is 11.8 Å². The molecule has 0 saturated heterocycles. The first-order chi connectivity index (χ1) is 11.4. The zero-order valence-electron chi connectivity index (χ0n) is 12.6. The molecule has 0 atom stereocenters. The van der Waals surface area contributed by atoms with Gasteiger partial charge >= 0.3 is 6.18 Å². The van der Waals surface area contributed by atoms with E-state index in [0.717, 1.165) is 12.1 Å². The van der Waals surface area contributed by atoms with Gasteiger partial charge in [0.25, 0.3) is 5.91 Å². The number of hydrogen-bond acceptors (Lipinski definition) is 4. The Balaban J connectivity index is 1.97. The van der Waals surface area contributed by atoms with E-state index in [9.17, 15) is 18.0 Å². The van der Waals surface area contributed by atoms with Crippen LogP contribution in [0, 0.1) is 0 Å². The highest BCUT2D eigenvalue weighted by atomic mass is 19.4. The summed E-state index contributed by atoms with van der Waals surface area (Å²) in [7, 11) is 0. The molecule has 1 aromatic carbocycles. The van der Waals surface area contributed by atoms with E-state index in [0.29, 0.717) is 37.0 Å². The Morgan fingerprint density at radius 1 is 1.17 bits per heavy atom. The van der Waals surface area contributed by atoms with Crippen molar-refractivity contribution in [2.75, 3.05) is 13.1 Å². The fourth-order valence-electron chi connectivity index (χ4n) is 1.81. The summed E-state index contributed by atoms with van der Waals surface area (Å²) >= 11 is 0. The highest BCUT2D eigenvalue weighted by Gasteiger charge is 2.30. The fourth-order valence-corrected chi connectivity index (χ4v) is 1.81. The third kappa shape index (κ3) is 4.95. The van der Waals surface area contributed by atoms with Gasteiger partial charge in [-0.3, -0.25) is 4.79 Å². The summed E-state index contributed by atoms with van der Waals surface area (Å²) in [6.45, 7) is 0.982. The molecule has 2 aromatic rings. The summed E-state index contributed by atoms with van der Waals surface area (Å²) < 4.78 is 42.7. The van der Waals surface area contributed by atoms with Crippen LogP contribution in [-0.4, -0.2) is 24.0 Å². The zero-order chi connectivity index (χ0) is 17.6. The Labute approximate surface area is 136 Å². The van der Waals surface area contributed by atoms with Crippen molar-refractivity contribution in [1.82, 2.24) is 10.3 Å². The van der Waals surface area contributed by atoms with Crippen LogP contribution in [0.1, 0.15) is 22.3 Å². The molecule has 1 aromatic heterocycles. The van der Waals surface area contributed by atoms with Gasteiger partial charge in [-0.05, 0) is 43.3 Å². The molecule has 0 aliphatic rings. The molecule has 0 fully saturated rings. The average Bonchev–Trinajstić information content (AvgIpc) is 2.55. The third-order valence-corrected chi connectivity index (χ3v) is 3.07. The van der Waals surface area contributed by atoms with Gasteiger partial charge in [-0.1, -0.05) is 0 Å². The van der Waals surface area contributed by atoms with Gasteiger partial charge in [-0.25, -0.2) is 4.98 Å². The molecule has 24 heavy (non-hydrogen) atoms. The Kier molecular flexibility index (Phi) is 5.75. The van der Waals surface area contributed by atoms with Gasteiger partial charge in [0.2, 0.25) is 5.88 Å². The minimum Gasteiger partial charge on any atom is -0.439 e. The lowest BCUT2D eigenvalue weighted by Crippen LogP contribution is -2.25. The molecule has 1 amide bonds. The summed E-state index contributed by atoms with van der Waals surface area (Å²) in [6.07, 6.45) is -3.05. The second-order valence-electron chi connectivity index (χ2n) is 4.91. The standard InChI is InChI=1S/C16H16F3N3O2/c17-16(18,19)12-4-7-14(22-10-12)24-13-5-2-11(3-6-13)15(23)21-9-1-8-20/h2-7,10H,1,8-9,20H2,(H,21,23). The quantitative estimate of drug-likeness (QED) is 0.793. The van der Waals surface area contributed by atoms with Gasteiger partial charge in [-0.15, -0.1) is 0 Å². The number of carbonyl (C=O) groups excluding carboxylic acids is 1. The summed E-state index contributed by atoms with van der Waals surface area (Å²) in [6, 6.07) is 8.21. The first-order valence-electron chi connectivity index (χ1n) is 7.19. The Hall–Kier alpha value is -2.61. The second-order valence-corrected chi connectivity index (χ2v) is 4.91. The minimum atomic E-state index is -4.44. The smallest absolute Gasteiger partial charge is 0.417 e. The Morgan fingerprint density at radius 3 is 2.42 bits per heavy atom. The molecule has 128 valence electrons. The molecule has 0 saturated carbocycles. The average molecular weight is 339 g/mol. The van der Waals surface area contributed by atoms with E-state index in [4.69, 9.17) is 10.5 Å². The molecule has 0 bridgehead atoms. The SMILES string of the molecule is NCCCNC(=O)c1ccc(Oc2ccc(C(F)(F)F)cn2)cc1. The maximum Gasteiger partial charge on any atom is 0.417 e. The van der Waals surface area contributed by atoms with Crippen LogP contribution in [0.2, 0.25) is 0 Å². The number of carbonyl (C=O) groups is 1. The fraction of sp³-hybridized carbons (Fsp3) is 0.250. The molecule has 0 radical (unpaired) electrons. The number of nitrogens with zero attached hydrogens (tertiary/aromatic N) is 1. The number of ether oxygens (including phenoxy) is 1. The van der Waals surface area contributed by atoms with Crippen LogP contribution >= 0.6 is 0 Å². The monoisotopic (exact) mass is 339 g/mol. The Bertz CT molecular complexity index is 670. The highest BCUT2D eigenvalue weighted by Crippen LogP contribution is 2.30. The van der Waals surface area contributed by atoms with Gasteiger partial charge in [0.1, 0.15) is 5.75 Å². The molecule has 0 aliphatic carbocycles. The van der Waals surface area contributed by atoms with Crippen molar-refractivity contribution >= 4 is 5.91 Å². The normalized spacial score (nSPS) is 11.2. The van der Waals surface area contributed by atoms with Crippen molar-refractivity contribution in [2.24, 2.45) is 5.73 Å². The lowest BCUT2D eigenvalue weighted by atomic mass is 10.2. The molecular formula is C16H16F3N3O2. The van der Waals surface area contributed by atoms with E-state index in [1.165, 1.54) is 12.1 Å². The molecule has 8 heteroatoms. The van der Waals surface area contributed by atoms with Crippen LogP contribution in [0.15, 0.2) is 42.6 Å². The van der Waals surface area contributed by atoms with Gasteiger partial charge in [0.05, 0.1) is 5.56 Å². The summed E-state index contributed by atoms with van der Waals surface area (Å²) in [5.74, 6) is 0.159. The predicted molar refractivity (Wildman–Crippen MR) is 81.8 cm³/mol. The van der Waals surface area contributed by atoms with E-state index in [1.807, 2.05) is 0 Å². The lowest BCUT2D eigenvalue weighted by molar-refractivity contribution is -0.137. The molecule has 0 spiro atoms. The van der Waals surface area contributed by atoms with Crippen molar-refractivity contribution in [2.45, 2.75) is 12.6 Å². The van der Waals surface area contributed by atoms with Gasteiger partial charge in [0, 0.05) is 24.4 Å². The summed E-state index contributed by atoms with van der Waals surface area (Å²) in [5.41, 5.74) is 4.94. The van der Waals surface area contributed by atoms with E-state index < -0.39 is 11.7 Å². The van der Waals surface area contributed by atoms with E-state index in [1.54, 1.807) is 12.1 Å². The molecule has 0 unspecified atom stereocenters. The van der Waals surface area contributed by atoms with Gasteiger partial charge in [0.15, 0.2) is 0 Å². The minimum absolute atomic E-state index is 0.0307. The maximum absolute atomic E-state index is 12.5. The van der Waals surface area contributed by atoms with Crippen molar-refractivity contribution in [3.63, 3.8) is 0 Å².